The van der Waals surface area contributed by atoms with E-state index < -0.39 is 10.0 Å². The highest BCUT2D eigenvalue weighted by molar-refractivity contribution is 7.88. The lowest BCUT2D eigenvalue weighted by Crippen LogP contribution is -2.36. The quantitative estimate of drug-likeness (QED) is 0.393. The van der Waals surface area contributed by atoms with Gasteiger partial charge in [-0.2, -0.15) is 5.10 Å². The van der Waals surface area contributed by atoms with Crippen LogP contribution in [0.1, 0.15) is 25.5 Å². The van der Waals surface area contributed by atoms with E-state index in [1.165, 1.54) is 6.20 Å². The number of anilines is 1. The molecule has 36 heavy (non-hydrogen) atoms. The third-order valence-corrected chi connectivity index (χ3v) is 7.20. The Kier molecular flexibility index (Phi) is 5.90. The van der Waals surface area contributed by atoms with Crippen molar-refractivity contribution < 1.29 is 17.9 Å². The van der Waals surface area contributed by atoms with Gasteiger partial charge in [0.15, 0.2) is 6.23 Å². The molecular weight excluding hydrogens is 484 g/mol. The molecule has 2 fully saturated rings. The van der Waals surface area contributed by atoms with E-state index >= 15 is 0 Å². The van der Waals surface area contributed by atoms with Crippen molar-refractivity contribution in [3.8, 4) is 22.6 Å². The Bertz CT molecular complexity index is 1500. The van der Waals surface area contributed by atoms with Gasteiger partial charge in [0.05, 0.1) is 31.4 Å². The number of hydrogen-bond donors (Lipinski definition) is 0. The maximum atomic E-state index is 12.0. The standard InChI is InChI=1S/C23H26N8O4S/c1-36(32,33)31-26-15-18(28-31)17-14-20(29-9-12-34-13-10-29)27-22-16(17)5-7-24-23(22)19-6-8-25-30(19)21-4-2-3-11-35-21/h5-8,14-15,21H,2-4,9-13H2,1H3. The van der Waals surface area contributed by atoms with Gasteiger partial charge < -0.3 is 14.4 Å². The molecule has 6 rings (SSSR count). The topological polar surface area (TPSA) is 130 Å². The summed E-state index contributed by atoms with van der Waals surface area (Å²) in [4.78, 5) is 11.9. The van der Waals surface area contributed by atoms with Crippen molar-refractivity contribution in [1.29, 1.82) is 0 Å². The summed E-state index contributed by atoms with van der Waals surface area (Å²) in [6.07, 6.45) is 8.84. The fourth-order valence-electron chi connectivity index (χ4n) is 4.67. The lowest BCUT2D eigenvalue weighted by Gasteiger charge is -2.28. The van der Waals surface area contributed by atoms with E-state index in [9.17, 15) is 8.42 Å². The van der Waals surface area contributed by atoms with Gasteiger partial charge in [0.25, 0.3) is 10.0 Å². The molecule has 0 spiro atoms. The zero-order chi connectivity index (χ0) is 24.7. The van der Waals surface area contributed by atoms with Gasteiger partial charge in [-0.3, -0.25) is 4.98 Å². The first-order valence-electron chi connectivity index (χ1n) is 11.9. The minimum absolute atomic E-state index is 0.155. The van der Waals surface area contributed by atoms with Crippen LogP contribution in [0, 0.1) is 0 Å². The van der Waals surface area contributed by atoms with E-state index in [1.807, 2.05) is 22.9 Å². The van der Waals surface area contributed by atoms with Crippen molar-refractivity contribution in [2.45, 2.75) is 25.5 Å². The number of morpholine rings is 1. The molecule has 0 aliphatic carbocycles. The molecule has 13 heteroatoms. The first kappa shape index (κ1) is 23.0. The fraction of sp³-hybridized carbons (Fsp3) is 0.435. The van der Waals surface area contributed by atoms with Crippen LogP contribution in [0.25, 0.3) is 33.5 Å². The summed E-state index contributed by atoms with van der Waals surface area (Å²) >= 11 is 0. The maximum Gasteiger partial charge on any atom is 0.267 e. The number of hydrogen-bond acceptors (Lipinski definition) is 10. The van der Waals surface area contributed by atoms with Crippen LogP contribution in [0.4, 0.5) is 5.82 Å². The van der Waals surface area contributed by atoms with Crippen LogP contribution in [0.2, 0.25) is 0 Å². The number of pyridine rings is 2. The van der Waals surface area contributed by atoms with Gasteiger partial charge >= 0.3 is 0 Å². The minimum atomic E-state index is -3.62. The van der Waals surface area contributed by atoms with Gasteiger partial charge in [0.2, 0.25) is 0 Å². The van der Waals surface area contributed by atoms with Gasteiger partial charge in [-0.1, -0.05) is 4.20 Å². The van der Waals surface area contributed by atoms with Gasteiger partial charge in [-0.15, -0.1) is 10.2 Å². The van der Waals surface area contributed by atoms with Crippen LogP contribution in [0.5, 0.6) is 0 Å². The average Bonchev–Trinajstić information content (AvgIpc) is 3.59. The Morgan fingerprint density at radius 2 is 1.92 bits per heavy atom. The molecule has 1 atom stereocenters. The second-order valence-electron chi connectivity index (χ2n) is 8.88. The molecule has 0 N–H and O–H groups in total. The van der Waals surface area contributed by atoms with Gasteiger partial charge in [0.1, 0.15) is 22.7 Å². The largest absolute Gasteiger partial charge is 0.378 e. The molecule has 188 valence electrons. The molecule has 2 saturated heterocycles. The molecule has 0 amide bonds. The first-order valence-corrected chi connectivity index (χ1v) is 13.7. The summed E-state index contributed by atoms with van der Waals surface area (Å²) in [5.41, 5.74) is 3.31. The van der Waals surface area contributed by atoms with Crippen LogP contribution in [-0.4, -0.2) is 81.7 Å². The fourth-order valence-corrected chi connectivity index (χ4v) is 5.13. The third-order valence-electron chi connectivity index (χ3n) is 6.44. The zero-order valence-electron chi connectivity index (χ0n) is 19.8. The monoisotopic (exact) mass is 510 g/mol. The summed E-state index contributed by atoms with van der Waals surface area (Å²) in [6, 6.07) is 5.71. The second kappa shape index (κ2) is 9.22. The SMILES string of the molecule is CS(=O)(=O)n1ncc(-c2cc(N3CCOCC3)nc3c(-c4ccnn4C4CCCCO4)nccc23)n1. The lowest BCUT2D eigenvalue weighted by molar-refractivity contribution is -0.0383. The second-order valence-corrected chi connectivity index (χ2v) is 10.7. The Morgan fingerprint density at radius 3 is 2.67 bits per heavy atom. The zero-order valence-corrected chi connectivity index (χ0v) is 20.6. The van der Waals surface area contributed by atoms with E-state index in [-0.39, 0.29) is 6.23 Å². The summed E-state index contributed by atoms with van der Waals surface area (Å²) in [5, 5.41) is 13.6. The number of nitrogens with zero attached hydrogens (tertiary/aromatic N) is 8. The summed E-state index contributed by atoms with van der Waals surface area (Å²) in [7, 11) is -3.62. The van der Waals surface area contributed by atoms with E-state index in [0.717, 1.165) is 52.2 Å². The van der Waals surface area contributed by atoms with Crippen LogP contribution in [0.3, 0.4) is 0 Å². The van der Waals surface area contributed by atoms with Crippen molar-refractivity contribution >= 4 is 26.7 Å². The van der Waals surface area contributed by atoms with E-state index in [4.69, 9.17) is 19.4 Å². The lowest BCUT2D eigenvalue weighted by atomic mass is 10.0. The molecule has 2 aliphatic heterocycles. The molecule has 6 heterocycles. The summed E-state index contributed by atoms with van der Waals surface area (Å²) in [5.74, 6) is 0.740. The molecule has 4 aromatic heterocycles. The normalized spacial score (nSPS) is 19.1. The molecule has 2 aliphatic rings. The molecule has 0 radical (unpaired) electrons. The highest BCUT2D eigenvalue weighted by Gasteiger charge is 2.24. The predicted molar refractivity (Wildman–Crippen MR) is 132 cm³/mol. The van der Waals surface area contributed by atoms with Gasteiger partial charge in [-0.05, 0) is 37.5 Å². The van der Waals surface area contributed by atoms with Crippen LogP contribution in [0.15, 0.2) is 36.8 Å². The van der Waals surface area contributed by atoms with Gasteiger partial charge in [-0.25, -0.2) is 18.1 Å². The third kappa shape index (κ3) is 4.22. The summed E-state index contributed by atoms with van der Waals surface area (Å²) in [6.45, 7) is 3.29. The number of fused-ring (bicyclic) bond motifs is 1. The van der Waals surface area contributed by atoms with Crippen LogP contribution < -0.4 is 4.90 Å². The number of aromatic nitrogens is 7. The molecule has 0 saturated carbocycles. The molecule has 0 aromatic carbocycles. The average molecular weight is 511 g/mol. The maximum absolute atomic E-state index is 12.0. The van der Waals surface area contributed by atoms with Crippen LogP contribution >= 0.6 is 0 Å². The van der Waals surface area contributed by atoms with Crippen LogP contribution in [-0.2, 0) is 19.5 Å². The minimum Gasteiger partial charge on any atom is -0.378 e. The predicted octanol–water partition coefficient (Wildman–Crippen LogP) is 2.10. The van der Waals surface area contributed by atoms with Crippen molar-refractivity contribution in [2.75, 3.05) is 44.1 Å². The first-order chi connectivity index (χ1) is 17.5. The molecule has 4 aromatic rings. The molecule has 0 bridgehead atoms. The number of ether oxygens (including phenoxy) is 2. The van der Waals surface area contributed by atoms with E-state index in [0.29, 0.717) is 49.8 Å². The van der Waals surface area contributed by atoms with Crippen molar-refractivity contribution in [1.82, 2.24) is 34.1 Å². The Morgan fingerprint density at radius 1 is 1.06 bits per heavy atom. The van der Waals surface area contributed by atoms with Gasteiger partial charge in [0, 0.05) is 43.0 Å². The molecule has 1 unspecified atom stereocenters. The van der Waals surface area contributed by atoms with E-state index in [1.54, 1.807) is 12.4 Å². The Balaban J connectivity index is 1.55. The highest BCUT2D eigenvalue weighted by Crippen LogP contribution is 2.36. The highest BCUT2D eigenvalue weighted by atomic mass is 32.2. The van der Waals surface area contributed by atoms with Crippen molar-refractivity contribution in [3.05, 3.63) is 36.8 Å². The Hall–Kier alpha value is -3.42. The smallest absolute Gasteiger partial charge is 0.267 e. The van der Waals surface area contributed by atoms with Crippen molar-refractivity contribution in [3.63, 3.8) is 0 Å². The Labute approximate surface area is 207 Å². The van der Waals surface area contributed by atoms with E-state index in [2.05, 4.69) is 20.2 Å². The number of rotatable bonds is 5. The van der Waals surface area contributed by atoms with Crippen molar-refractivity contribution in [2.24, 2.45) is 0 Å². The summed E-state index contributed by atoms with van der Waals surface area (Å²) < 4.78 is 38.2. The molecule has 12 nitrogen and oxygen atoms in total. The molecular formula is C23H26N8O4S.